The van der Waals surface area contributed by atoms with Crippen molar-refractivity contribution in [2.75, 3.05) is 0 Å². The predicted octanol–water partition coefficient (Wildman–Crippen LogP) is 4.41. The monoisotopic (exact) mass is 240 g/mol. The molecule has 2 aromatic carbocycles. The fraction of sp³-hybridized carbons (Fsp3) is 0.188. The number of benzene rings is 2. The summed E-state index contributed by atoms with van der Waals surface area (Å²) in [4.78, 5) is 0.953. The molecular weight excluding hydrogens is 224 g/mol. The van der Waals surface area contributed by atoms with Crippen molar-refractivity contribution in [2.45, 2.75) is 19.8 Å². The molecule has 0 aliphatic rings. The van der Waals surface area contributed by atoms with Gasteiger partial charge in [0, 0.05) is 0 Å². The first kappa shape index (κ1) is 12.0. The lowest BCUT2D eigenvalue weighted by Gasteiger charge is -2.10. The molecule has 0 saturated heterocycles. The second-order valence-corrected chi connectivity index (χ2v) is 4.51. The van der Waals surface area contributed by atoms with Crippen molar-refractivity contribution in [3.63, 3.8) is 0 Å². The number of rotatable bonds is 4. The van der Waals surface area contributed by atoms with Gasteiger partial charge < -0.3 is 0 Å². The van der Waals surface area contributed by atoms with Gasteiger partial charge in [0.15, 0.2) is 0 Å². The quantitative estimate of drug-likeness (QED) is 0.563. The van der Waals surface area contributed by atoms with E-state index in [0.29, 0.717) is 0 Å². The highest BCUT2D eigenvalue weighted by molar-refractivity contribution is 7.81. The van der Waals surface area contributed by atoms with Crippen LogP contribution in [0.5, 0.6) is 0 Å². The van der Waals surface area contributed by atoms with E-state index in [9.17, 15) is 0 Å². The van der Waals surface area contributed by atoms with Crippen molar-refractivity contribution in [1.82, 2.24) is 0 Å². The molecule has 17 heavy (non-hydrogen) atoms. The first-order valence-electron chi connectivity index (χ1n) is 6.00. The Morgan fingerprint density at radius 3 is 2.29 bits per heavy atom. The Morgan fingerprint density at radius 2 is 1.59 bits per heavy atom. The van der Waals surface area contributed by atoms with Gasteiger partial charge in [0.1, 0.15) is 0 Å². The Labute approximate surface area is 108 Å². The highest BCUT2D eigenvalue weighted by atomic mass is 32.1. The molecule has 0 radical (unpaired) electrons. The maximum atomic E-state index is 5.59. The van der Waals surface area contributed by atoms with Crippen molar-refractivity contribution >= 4 is 17.1 Å². The molecule has 86 valence electrons. The van der Waals surface area contributed by atoms with Gasteiger partial charge in [0.25, 0.3) is 0 Å². The zero-order valence-electron chi connectivity index (χ0n) is 10.0. The molecule has 0 bridgehead atoms. The summed E-state index contributed by atoms with van der Waals surface area (Å²) in [6.45, 7) is 2.20. The highest BCUT2D eigenvalue weighted by Crippen LogP contribution is 2.17. The van der Waals surface area contributed by atoms with Crippen LogP contribution in [0.2, 0.25) is 0 Å². The Bertz CT molecular complexity index is 500. The van der Waals surface area contributed by atoms with E-state index < -0.39 is 0 Å². The zero-order valence-corrected chi connectivity index (χ0v) is 10.8. The van der Waals surface area contributed by atoms with Crippen molar-refractivity contribution in [2.24, 2.45) is 0 Å². The number of thiocarbonyl (C=S) groups is 1. The van der Waals surface area contributed by atoms with Crippen LogP contribution < -0.4 is 0 Å². The van der Waals surface area contributed by atoms with E-state index in [1.807, 2.05) is 18.2 Å². The number of aryl methyl sites for hydroxylation is 1. The van der Waals surface area contributed by atoms with Crippen LogP contribution >= 0.6 is 12.2 Å². The number of hydrogen-bond donors (Lipinski definition) is 0. The third-order valence-electron chi connectivity index (χ3n) is 2.82. The molecule has 0 unspecified atom stereocenters. The molecule has 0 aliphatic carbocycles. The minimum absolute atomic E-state index is 0.953. The van der Waals surface area contributed by atoms with Crippen LogP contribution in [0.4, 0.5) is 0 Å². The van der Waals surface area contributed by atoms with Crippen LogP contribution in [0, 0.1) is 0 Å². The van der Waals surface area contributed by atoms with Crippen LogP contribution in [-0.4, -0.2) is 4.86 Å². The first-order chi connectivity index (χ1) is 8.33. The van der Waals surface area contributed by atoms with Crippen LogP contribution in [-0.2, 0) is 6.42 Å². The average molecular weight is 240 g/mol. The minimum atomic E-state index is 0.953. The molecule has 0 atom stereocenters. The van der Waals surface area contributed by atoms with Gasteiger partial charge in [-0.05, 0) is 23.1 Å². The summed E-state index contributed by atoms with van der Waals surface area (Å²) in [5, 5.41) is 0. The van der Waals surface area contributed by atoms with Crippen molar-refractivity contribution < 1.29 is 0 Å². The summed E-state index contributed by atoms with van der Waals surface area (Å²) in [5.41, 5.74) is 3.69. The third kappa shape index (κ3) is 2.80. The summed E-state index contributed by atoms with van der Waals surface area (Å²) in [7, 11) is 0. The van der Waals surface area contributed by atoms with E-state index in [0.717, 1.165) is 23.3 Å². The molecule has 0 amide bonds. The molecule has 0 saturated carbocycles. The van der Waals surface area contributed by atoms with Gasteiger partial charge in [0.2, 0.25) is 0 Å². The Kier molecular flexibility index (Phi) is 4.05. The smallest absolute Gasteiger partial charge is 0.0524 e. The summed E-state index contributed by atoms with van der Waals surface area (Å²) in [6, 6.07) is 18.7. The molecule has 2 rings (SSSR count). The van der Waals surface area contributed by atoms with Crippen LogP contribution in [0.15, 0.2) is 54.6 Å². The minimum Gasteiger partial charge on any atom is -0.0788 e. The van der Waals surface area contributed by atoms with Gasteiger partial charge in [0.05, 0.1) is 4.86 Å². The fourth-order valence-electron chi connectivity index (χ4n) is 1.97. The second-order valence-electron chi connectivity index (χ2n) is 4.10. The lowest BCUT2D eigenvalue weighted by Crippen LogP contribution is -2.03. The van der Waals surface area contributed by atoms with E-state index >= 15 is 0 Å². The maximum Gasteiger partial charge on any atom is 0.0524 e. The molecule has 0 fully saturated rings. The lowest BCUT2D eigenvalue weighted by atomic mass is 9.97. The Balaban J connectivity index is 2.37. The molecule has 0 aliphatic heterocycles. The fourth-order valence-corrected chi connectivity index (χ4v) is 2.31. The summed E-state index contributed by atoms with van der Waals surface area (Å²) < 4.78 is 0. The predicted molar refractivity (Wildman–Crippen MR) is 77.7 cm³/mol. The van der Waals surface area contributed by atoms with Gasteiger partial charge in [-0.3, -0.25) is 0 Å². The van der Waals surface area contributed by atoms with Crippen LogP contribution in [0.3, 0.4) is 0 Å². The maximum absolute atomic E-state index is 5.59. The van der Waals surface area contributed by atoms with Gasteiger partial charge in [-0.25, -0.2) is 0 Å². The van der Waals surface area contributed by atoms with Crippen molar-refractivity contribution in [3.8, 4) is 0 Å². The molecule has 2 aromatic rings. The number of hydrogen-bond acceptors (Lipinski definition) is 1. The van der Waals surface area contributed by atoms with E-state index in [-0.39, 0.29) is 0 Å². The highest BCUT2D eigenvalue weighted by Gasteiger charge is 2.08. The SMILES string of the molecule is CCCc1ccccc1C(=S)c1ccccc1. The largest absolute Gasteiger partial charge is 0.0788 e. The van der Waals surface area contributed by atoms with Gasteiger partial charge in [-0.2, -0.15) is 0 Å². The molecule has 0 spiro atoms. The Hall–Kier alpha value is -1.47. The van der Waals surface area contributed by atoms with Gasteiger partial charge in [-0.1, -0.05) is 80.2 Å². The zero-order chi connectivity index (χ0) is 12.1. The normalized spacial score (nSPS) is 10.2. The third-order valence-corrected chi connectivity index (χ3v) is 3.27. The molecule has 0 heterocycles. The molecule has 0 N–H and O–H groups in total. The second kappa shape index (κ2) is 5.74. The van der Waals surface area contributed by atoms with Crippen molar-refractivity contribution in [1.29, 1.82) is 0 Å². The van der Waals surface area contributed by atoms with Gasteiger partial charge >= 0.3 is 0 Å². The molecular formula is C16H16S. The topological polar surface area (TPSA) is 0 Å². The standard InChI is InChI=1S/C16H16S/c1-2-8-13-9-6-7-12-15(13)16(17)14-10-4-3-5-11-14/h3-7,9-12H,2,8H2,1H3. The van der Waals surface area contributed by atoms with Crippen LogP contribution in [0.1, 0.15) is 30.0 Å². The average Bonchev–Trinajstić information content (AvgIpc) is 2.40. The lowest BCUT2D eigenvalue weighted by molar-refractivity contribution is 0.920. The van der Waals surface area contributed by atoms with Gasteiger partial charge in [-0.15, -0.1) is 0 Å². The summed E-state index contributed by atoms with van der Waals surface area (Å²) >= 11 is 5.59. The first-order valence-corrected chi connectivity index (χ1v) is 6.41. The summed E-state index contributed by atoms with van der Waals surface area (Å²) in [6.07, 6.45) is 2.23. The molecule has 0 nitrogen and oxygen atoms in total. The van der Waals surface area contributed by atoms with E-state index in [1.165, 1.54) is 11.1 Å². The summed E-state index contributed by atoms with van der Waals surface area (Å²) in [5.74, 6) is 0. The van der Waals surface area contributed by atoms with Crippen molar-refractivity contribution in [3.05, 3.63) is 71.3 Å². The van der Waals surface area contributed by atoms with E-state index in [4.69, 9.17) is 12.2 Å². The van der Waals surface area contributed by atoms with Crippen LogP contribution in [0.25, 0.3) is 0 Å². The van der Waals surface area contributed by atoms with E-state index in [2.05, 4.69) is 43.3 Å². The molecule has 0 aromatic heterocycles. The van der Waals surface area contributed by atoms with E-state index in [1.54, 1.807) is 0 Å². The molecule has 1 heteroatoms. The Morgan fingerprint density at radius 1 is 0.941 bits per heavy atom.